The molecule has 7 heteroatoms. The second-order valence-corrected chi connectivity index (χ2v) is 3.64. The number of hydrogen-bond acceptors (Lipinski definition) is 3. The Kier molecular flexibility index (Phi) is 4.08. The van der Waals surface area contributed by atoms with E-state index in [1.54, 1.807) is 31.8 Å². The van der Waals surface area contributed by atoms with E-state index in [4.69, 9.17) is 5.11 Å². The maximum atomic E-state index is 11.8. The number of anilines is 1. The Morgan fingerprint density at radius 1 is 1.59 bits per heavy atom. The van der Waals surface area contributed by atoms with Crippen LogP contribution in [0, 0.1) is 6.92 Å². The van der Waals surface area contributed by atoms with Crippen LogP contribution in [0.1, 0.15) is 12.6 Å². The van der Waals surface area contributed by atoms with Crippen LogP contribution in [0.2, 0.25) is 0 Å². The van der Waals surface area contributed by atoms with E-state index in [0.717, 1.165) is 0 Å². The van der Waals surface area contributed by atoms with Crippen molar-refractivity contribution in [3.8, 4) is 0 Å². The van der Waals surface area contributed by atoms with E-state index in [1.165, 1.54) is 4.90 Å². The molecule has 0 aliphatic carbocycles. The highest BCUT2D eigenvalue weighted by atomic mass is 16.4. The number of carboxylic acid groups (broad SMARTS) is 1. The van der Waals surface area contributed by atoms with Crippen LogP contribution in [0.15, 0.2) is 6.20 Å². The molecule has 0 bridgehead atoms. The molecule has 0 radical (unpaired) electrons. The number of aromatic nitrogens is 2. The van der Waals surface area contributed by atoms with E-state index >= 15 is 0 Å². The van der Waals surface area contributed by atoms with Gasteiger partial charge in [0.05, 0.1) is 11.4 Å². The molecule has 1 heterocycles. The van der Waals surface area contributed by atoms with E-state index in [1.807, 2.05) is 0 Å². The summed E-state index contributed by atoms with van der Waals surface area (Å²) in [6, 6.07) is -0.439. The van der Waals surface area contributed by atoms with Crippen molar-refractivity contribution in [3.63, 3.8) is 0 Å². The number of nitrogens with zero attached hydrogens (tertiary/aromatic N) is 3. The van der Waals surface area contributed by atoms with Gasteiger partial charge in [-0.2, -0.15) is 5.10 Å². The van der Waals surface area contributed by atoms with Gasteiger partial charge in [-0.15, -0.1) is 0 Å². The number of aliphatic carboxylic acids is 1. The molecule has 17 heavy (non-hydrogen) atoms. The van der Waals surface area contributed by atoms with Gasteiger partial charge in [-0.05, 0) is 13.8 Å². The van der Waals surface area contributed by atoms with Crippen LogP contribution in [-0.2, 0) is 11.8 Å². The van der Waals surface area contributed by atoms with Gasteiger partial charge in [0.15, 0.2) is 0 Å². The lowest BCUT2D eigenvalue weighted by atomic mass is 10.4. The van der Waals surface area contributed by atoms with Crippen molar-refractivity contribution in [1.82, 2.24) is 14.7 Å². The molecule has 2 amide bonds. The van der Waals surface area contributed by atoms with E-state index in [9.17, 15) is 9.59 Å². The van der Waals surface area contributed by atoms with Gasteiger partial charge in [0.1, 0.15) is 6.54 Å². The van der Waals surface area contributed by atoms with Crippen LogP contribution in [0.4, 0.5) is 10.5 Å². The first kappa shape index (κ1) is 13.0. The summed E-state index contributed by atoms with van der Waals surface area (Å²) in [5.74, 6) is -1.04. The molecule has 94 valence electrons. The van der Waals surface area contributed by atoms with E-state index in [-0.39, 0.29) is 6.54 Å². The minimum Gasteiger partial charge on any atom is -0.480 e. The van der Waals surface area contributed by atoms with Crippen molar-refractivity contribution in [1.29, 1.82) is 0 Å². The Hall–Kier alpha value is -2.05. The van der Waals surface area contributed by atoms with Crippen molar-refractivity contribution in [2.75, 3.05) is 18.4 Å². The lowest BCUT2D eigenvalue weighted by Gasteiger charge is -2.18. The Morgan fingerprint density at radius 3 is 2.65 bits per heavy atom. The molecule has 0 spiro atoms. The lowest BCUT2D eigenvalue weighted by Crippen LogP contribution is -2.38. The molecule has 0 aromatic carbocycles. The van der Waals surface area contributed by atoms with Gasteiger partial charge in [-0.3, -0.25) is 9.48 Å². The molecule has 0 unspecified atom stereocenters. The van der Waals surface area contributed by atoms with E-state index in [0.29, 0.717) is 17.9 Å². The molecule has 0 aliphatic heterocycles. The first-order chi connectivity index (χ1) is 7.93. The number of likely N-dealkylation sites (N-methyl/N-ethyl adjacent to an activating group) is 1. The van der Waals surface area contributed by atoms with Gasteiger partial charge < -0.3 is 15.3 Å². The molecule has 7 nitrogen and oxygen atoms in total. The fourth-order valence-electron chi connectivity index (χ4n) is 1.41. The average Bonchev–Trinajstić information content (AvgIpc) is 2.53. The Morgan fingerprint density at radius 2 is 2.24 bits per heavy atom. The zero-order chi connectivity index (χ0) is 13.0. The number of rotatable bonds is 4. The van der Waals surface area contributed by atoms with Gasteiger partial charge in [0.2, 0.25) is 0 Å². The first-order valence-electron chi connectivity index (χ1n) is 5.22. The number of carboxylic acids is 1. The Labute approximate surface area is 99.0 Å². The number of carbonyl (C=O) groups excluding carboxylic acids is 1. The molecular formula is C10H16N4O3. The number of carbonyl (C=O) groups is 2. The topological polar surface area (TPSA) is 87.5 Å². The maximum absolute atomic E-state index is 11.8. The largest absolute Gasteiger partial charge is 0.480 e. The summed E-state index contributed by atoms with van der Waals surface area (Å²) in [5.41, 5.74) is 1.27. The molecule has 0 aliphatic rings. The molecule has 0 saturated carbocycles. The standard InChI is InChI=1S/C10H16N4O3/c1-4-14(6-9(15)16)10(17)11-8-5-13(3)12-7(8)2/h5H,4,6H2,1-3H3,(H,11,17)(H,15,16). The second kappa shape index (κ2) is 5.33. The maximum Gasteiger partial charge on any atom is 0.323 e. The molecule has 0 saturated heterocycles. The van der Waals surface area contributed by atoms with E-state index < -0.39 is 12.0 Å². The van der Waals surface area contributed by atoms with Crippen LogP contribution in [0.25, 0.3) is 0 Å². The summed E-state index contributed by atoms with van der Waals surface area (Å²) < 4.78 is 1.58. The van der Waals surface area contributed by atoms with Crippen molar-refractivity contribution < 1.29 is 14.7 Å². The lowest BCUT2D eigenvalue weighted by molar-refractivity contribution is -0.137. The summed E-state index contributed by atoms with van der Waals surface area (Å²) >= 11 is 0. The third-order valence-corrected chi connectivity index (χ3v) is 2.25. The summed E-state index contributed by atoms with van der Waals surface area (Å²) in [7, 11) is 1.75. The van der Waals surface area contributed by atoms with Crippen molar-refractivity contribution in [2.24, 2.45) is 7.05 Å². The Bertz CT molecular complexity index is 427. The van der Waals surface area contributed by atoms with E-state index in [2.05, 4.69) is 10.4 Å². The number of amides is 2. The van der Waals surface area contributed by atoms with Crippen LogP contribution in [-0.4, -0.2) is 44.9 Å². The van der Waals surface area contributed by atoms with Gasteiger partial charge in [-0.1, -0.05) is 0 Å². The van der Waals surface area contributed by atoms with Crippen molar-refractivity contribution >= 4 is 17.7 Å². The normalized spacial score (nSPS) is 10.1. The minimum atomic E-state index is -1.04. The predicted octanol–water partition coefficient (Wildman–Crippen LogP) is 0.667. The summed E-state index contributed by atoms with van der Waals surface area (Å²) in [5, 5.41) is 15.4. The zero-order valence-corrected chi connectivity index (χ0v) is 10.1. The number of urea groups is 1. The molecule has 0 fully saturated rings. The van der Waals surface area contributed by atoms with Gasteiger partial charge in [0, 0.05) is 19.8 Å². The number of hydrogen-bond donors (Lipinski definition) is 2. The zero-order valence-electron chi connectivity index (χ0n) is 10.1. The van der Waals surface area contributed by atoms with Crippen molar-refractivity contribution in [2.45, 2.75) is 13.8 Å². The highest BCUT2D eigenvalue weighted by Gasteiger charge is 2.16. The monoisotopic (exact) mass is 240 g/mol. The number of aryl methyl sites for hydroxylation is 2. The van der Waals surface area contributed by atoms with Crippen LogP contribution < -0.4 is 5.32 Å². The van der Waals surface area contributed by atoms with Crippen LogP contribution >= 0.6 is 0 Å². The first-order valence-corrected chi connectivity index (χ1v) is 5.22. The smallest absolute Gasteiger partial charge is 0.323 e. The Balaban J connectivity index is 2.70. The van der Waals surface area contributed by atoms with Crippen LogP contribution in [0.5, 0.6) is 0 Å². The minimum absolute atomic E-state index is 0.318. The van der Waals surface area contributed by atoms with Crippen molar-refractivity contribution in [3.05, 3.63) is 11.9 Å². The summed E-state index contributed by atoms with van der Waals surface area (Å²) in [6.07, 6.45) is 1.67. The fraction of sp³-hybridized carbons (Fsp3) is 0.500. The average molecular weight is 240 g/mol. The summed E-state index contributed by atoms with van der Waals surface area (Å²) in [4.78, 5) is 23.5. The van der Waals surface area contributed by atoms with Gasteiger partial charge >= 0.3 is 12.0 Å². The van der Waals surface area contributed by atoms with Gasteiger partial charge in [-0.25, -0.2) is 4.79 Å². The molecule has 1 rings (SSSR count). The third kappa shape index (κ3) is 3.47. The van der Waals surface area contributed by atoms with Crippen LogP contribution in [0.3, 0.4) is 0 Å². The fourth-order valence-corrected chi connectivity index (χ4v) is 1.41. The molecular weight excluding hydrogens is 224 g/mol. The second-order valence-electron chi connectivity index (χ2n) is 3.64. The SMILES string of the molecule is CCN(CC(=O)O)C(=O)Nc1cn(C)nc1C. The molecule has 0 atom stereocenters. The van der Waals surface area contributed by atoms with Gasteiger partial charge in [0.25, 0.3) is 0 Å². The quantitative estimate of drug-likeness (QED) is 0.809. The predicted molar refractivity (Wildman–Crippen MR) is 61.8 cm³/mol. The molecule has 2 N–H and O–H groups in total. The molecule has 1 aromatic rings. The highest BCUT2D eigenvalue weighted by molar-refractivity contribution is 5.91. The summed E-state index contributed by atoms with van der Waals surface area (Å²) in [6.45, 7) is 3.50. The number of nitrogens with one attached hydrogen (secondary N) is 1. The highest BCUT2D eigenvalue weighted by Crippen LogP contribution is 2.12. The molecule has 1 aromatic heterocycles. The third-order valence-electron chi connectivity index (χ3n) is 2.25.